The molecule has 0 saturated heterocycles. The van der Waals surface area contributed by atoms with Crippen LogP contribution in [0.25, 0.3) is 11.4 Å². The standard InChI is InChI=1S/C18H24N8/c1-2-14-21-15(25-24-14)12-7-6-8-13(11-12)26-17(20)22-16(19)23-18(26)9-4-3-5-10-18/h6-8,11H,2-5,9-10H2,1H3,(H,21,24,25)(H4,19,20,22,23). The summed E-state index contributed by atoms with van der Waals surface area (Å²) in [6.45, 7) is 2.04. The zero-order valence-corrected chi connectivity index (χ0v) is 14.9. The average molecular weight is 352 g/mol. The number of aliphatic imine (C=N–C) groups is 2. The SMILES string of the molecule is CCc1nc(-c2cccc(N3C(N)=NC(N)=NC34CCCCC4)c2)n[nH]1. The van der Waals surface area contributed by atoms with E-state index in [-0.39, 0.29) is 5.96 Å². The molecule has 1 aromatic carbocycles. The molecule has 1 aliphatic heterocycles. The molecule has 1 aromatic heterocycles. The Balaban J connectivity index is 1.75. The largest absolute Gasteiger partial charge is 0.369 e. The van der Waals surface area contributed by atoms with Gasteiger partial charge >= 0.3 is 0 Å². The maximum absolute atomic E-state index is 6.30. The predicted molar refractivity (Wildman–Crippen MR) is 103 cm³/mol. The van der Waals surface area contributed by atoms with E-state index in [2.05, 4.69) is 20.2 Å². The van der Waals surface area contributed by atoms with Crippen molar-refractivity contribution in [1.29, 1.82) is 0 Å². The third-order valence-corrected chi connectivity index (χ3v) is 5.08. The Labute approximate surface area is 152 Å². The Kier molecular flexibility index (Phi) is 4.10. The fourth-order valence-corrected chi connectivity index (χ4v) is 3.86. The number of hydrogen-bond donors (Lipinski definition) is 3. The number of aromatic amines is 1. The van der Waals surface area contributed by atoms with Crippen LogP contribution in [0.1, 0.15) is 44.9 Å². The minimum atomic E-state index is -0.444. The van der Waals surface area contributed by atoms with Crippen molar-refractivity contribution in [1.82, 2.24) is 15.2 Å². The first-order valence-corrected chi connectivity index (χ1v) is 9.13. The second-order valence-corrected chi connectivity index (χ2v) is 6.83. The maximum Gasteiger partial charge on any atom is 0.220 e. The van der Waals surface area contributed by atoms with Gasteiger partial charge < -0.3 is 11.5 Å². The molecular weight excluding hydrogens is 328 g/mol. The van der Waals surface area contributed by atoms with Gasteiger partial charge in [-0.25, -0.2) is 9.98 Å². The van der Waals surface area contributed by atoms with Crippen LogP contribution in [0.3, 0.4) is 0 Å². The molecule has 2 aromatic rings. The third-order valence-electron chi connectivity index (χ3n) is 5.08. The first kappa shape index (κ1) is 16.6. The molecule has 0 amide bonds. The highest BCUT2D eigenvalue weighted by atomic mass is 15.4. The molecule has 0 bridgehead atoms. The molecule has 1 aliphatic carbocycles. The Hall–Kier alpha value is -2.90. The molecule has 0 radical (unpaired) electrons. The van der Waals surface area contributed by atoms with Crippen LogP contribution in [0.2, 0.25) is 0 Å². The zero-order chi connectivity index (χ0) is 18.1. The summed E-state index contributed by atoms with van der Waals surface area (Å²) in [5.41, 5.74) is 13.7. The van der Waals surface area contributed by atoms with Gasteiger partial charge in [-0.15, -0.1) is 0 Å². The summed E-state index contributed by atoms with van der Waals surface area (Å²) >= 11 is 0. The minimum Gasteiger partial charge on any atom is -0.369 e. The van der Waals surface area contributed by atoms with Gasteiger partial charge in [0.15, 0.2) is 5.82 Å². The van der Waals surface area contributed by atoms with Gasteiger partial charge in [0, 0.05) is 17.7 Å². The van der Waals surface area contributed by atoms with E-state index < -0.39 is 5.66 Å². The van der Waals surface area contributed by atoms with Gasteiger partial charge in [0.05, 0.1) is 0 Å². The van der Waals surface area contributed by atoms with Crippen molar-refractivity contribution in [2.45, 2.75) is 51.1 Å². The second-order valence-electron chi connectivity index (χ2n) is 6.83. The molecule has 1 fully saturated rings. The van der Waals surface area contributed by atoms with E-state index in [4.69, 9.17) is 16.5 Å². The number of hydrogen-bond acceptors (Lipinski definition) is 7. The number of aryl methyl sites for hydroxylation is 1. The van der Waals surface area contributed by atoms with Gasteiger partial charge in [0.2, 0.25) is 11.9 Å². The summed E-state index contributed by atoms with van der Waals surface area (Å²) in [5, 5.41) is 7.28. The van der Waals surface area contributed by atoms with Crippen LogP contribution >= 0.6 is 0 Å². The van der Waals surface area contributed by atoms with Crippen LogP contribution in [0.15, 0.2) is 34.3 Å². The van der Waals surface area contributed by atoms with Crippen molar-refractivity contribution >= 4 is 17.6 Å². The molecule has 5 N–H and O–H groups in total. The molecule has 2 aliphatic rings. The number of nitrogens with two attached hydrogens (primary N) is 2. The fraction of sp³-hybridized carbons (Fsp3) is 0.444. The first-order valence-electron chi connectivity index (χ1n) is 9.13. The maximum atomic E-state index is 6.30. The normalized spacial score (nSPS) is 19.3. The monoisotopic (exact) mass is 352 g/mol. The van der Waals surface area contributed by atoms with E-state index in [0.29, 0.717) is 11.8 Å². The molecule has 8 nitrogen and oxygen atoms in total. The van der Waals surface area contributed by atoms with E-state index in [0.717, 1.165) is 49.2 Å². The highest BCUT2D eigenvalue weighted by molar-refractivity contribution is 6.05. The lowest BCUT2D eigenvalue weighted by Gasteiger charge is -2.45. The quantitative estimate of drug-likeness (QED) is 0.781. The van der Waals surface area contributed by atoms with Crippen LogP contribution in [-0.2, 0) is 6.42 Å². The highest BCUT2D eigenvalue weighted by Gasteiger charge is 2.42. The van der Waals surface area contributed by atoms with Crippen molar-refractivity contribution < 1.29 is 0 Å². The smallest absolute Gasteiger partial charge is 0.220 e. The lowest BCUT2D eigenvalue weighted by molar-refractivity contribution is 0.305. The van der Waals surface area contributed by atoms with E-state index in [1.54, 1.807) is 0 Å². The Bertz CT molecular complexity index is 860. The van der Waals surface area contributed by atoms with Gasteiger partial charge in [0.1, 0.15) is 11.5 Å². The Morgan fingerprint density at radius 3 is 2.73 bits per heavy atom. The fourth-order valence-electron chi connectivity index (χ4n) is 3.86. The minimum absolute atomic E-state index is 0.262. The topological polar surface area (TPSA) is 122 Å². The summed E-state index contributed by atoms with van der Waals surface area (Å²) in [6.07, 6.45) is 6.04. The van der Waals surface area contributed by atoms with E-state index in [1.165, 1.54) is 6.42 Å². The van der Waals surface area contributed by atoms with Gasteiger partial charge in [-0.2, -0.15) is 10.1 Å². The number of nitrogens with one attached hydrogen (secondary N) is 1. The summed E-state index contributed by atoms with van der Waals surface area (Å²) < 4.78 is 0. The zero-order valence-electron chi connectivity index (χ0n) is 14.9. The van der Waals surface area contributed by atoms with Crippen LogP contribution in [0.5, 0.6) is 0 Å². The van der Waals surface area contributed by atoms with Gasteiger partial charge in [0.25, 0.3) is 0 Å². The number of H-pyrrole nitrogens is 1. The van der Waals surface area contributed by atoms with Crippen LogP contribution < -0.4 is 16.4 Å². The molecule has 1 saturated carbocycles. The van der Waals surface area contributed by atoms with Crippen molar-refractivity contribution in [2.24, 2.45) is 21.5 Å². The molecule has 0 atom stereocenters. The Morgan fingerprint density at radius 2 is 2.00 bits per heavy atom. The van der Waals surface area contributed by atoms with Crippen molar-refractivity contribution in [2.75, 3.05) is 4.90 Å². The number of nitrogens with zero attached hydrogens (tertiary/aromatic N) is 5. The Morgan fingerprint density at radius 1 is 1.19 bits per heavy atom. The number of aromatic nitrogens is 3. The van der Waals surface area contributed by atoms with Crippen molar-refractivity contribution in [3.05, 3.63) is 30.1 Å². The van der Waals surface area contributed by atoms with Crippen LogP contribution in [0, 0.1) is 0 Å². The lowest BCUT2D eigenvalue weighted by atomic mass is 9.87. The molecule has 8 heteroatoms. The molecule has 1 spiro atoms. The summed E-state index contributed by atoms with van der Waals surface area (Å²) in [5.74, 6) is 2.20. The van der Waals surface area contributed by atoms with Gasteiger partial charge in [-0.3, -0.25) is 10.00 Å². The summed E-state index contributed by atoms with van der Waals surface area (Å²) in [6, 6.07) is 8.04. The van der Waals surface area contributed by atoms with E-state index >= 15 is 0 Å². The van der Waals surface area contributed by atoms with Crippen molar-refractivity contribution in [3.8, 4) is 11.4 Å². The average Bonchev–Trinajstić information content (AvgIpc) is 3.11. The number of benzene rings is 1. The van der Waals surface area contributed by atoms with Crippen LogP contribution in [-0.4, -0.2) is 32.8 Å². The first-order chi connectivity index (χ1) is 12.6. The second kappa shape index (κ2) is 6.44. The molecular formula is C18H24N8. The number of rotatable bonds is 3. The van der Waals surface area contributed by atoms with E-state index in [9.17, 15) is 0 Å². The van der Waals surface area contributed by atoms with Crippen LogP contribution in [0.4, 0.5) is 5.69 Å². The van der Waals surface area contributed by atoms with E-state index in [1.807, 2.05) is 36.1 Å². The molecule has 4 rings (SSSR count). The number of anilines is 1. The molecule has 0 unspecified atom stereocenters. The van der Waals surface area contributed by atoms with Gasteiger partial charge in [-0.1, -0.05) is 25.5 Å². The lowest BCUT2D eigenvalue weighted by Crippen LogP contribution is -2.58. The van der Waals surface area contributed by atoms with Crippen molar-refractivity contribution in [3.63, 3.8) is 0 Å². The van der Waals surface area contributed by atoms with Gasteiger partial charge in [-0.05, 0) is 37.8 Å². The molecule has 136 valence electrons. The number of guanidine groups is 2. The summed E-state index contributed by atoms with van der Waals surface area (Å²) in [4.78, 5) is 15.5. The highest BCUT2D eigenvalue weighted by Crippen LogP contribution is 2.40. The third kappa shape index (κ3) is 2.81. The molecule has 2 heterocycles. The molecule has 26 heavy (non-hydrogen) atoms. The summed E-state index contributed by atoms with van der Waals surface area (Å²) in [7, 11) is 0. The predicted octanol–water partition coefficient (Wildman–Crippen LogP) is 2.14.